The van der Waals surface area contributed by atoms with E-state index in [4.69, 9.17) is 11.6 Å². The number of aromatic nitrogens is 2. The fraction of sp³-hybridized carbons (Fsp3) is 0.188. The summed E-state index contributed by atoms with van der Waals surface area (Å²) in [6.07, 6.45) is 0. The minimum absolute atomic E-state index is 0.0560. The molecule has 0 aliphatic carbocycles. The van der Waals surface area contributed by atoms with E-state index in [1.165, 1.54) is 6.92 Å². The van der Waals surface area contributed by atoms with Crippen molar-refractivity contribution in [1.29, 1.82) is 0 Å². The summed E-state index contributed by atoms with van der Waals surface area (Å²) in [5.74, 6) is 0.628. The Morgan fingerprint density at radius 2 is 2.00 bits per heavy atom. The molecule has 3 aromatic rings. The van der Waals surface area contributed by atoms with Gasteiger partial charge in [-0.3, -0.25) is 4.79 Å². The van der Waals surface area contributed by atoms with E-state index in [9.17, 15) is 4.79 Å². The topological polar surface area (TPSA) is 66.9 Å². The number of nitrogens with one attached hydrogen (secondary N) is 2. The smallest absolute Gasteiger partial charge is 0.225 e. The van der Waals surface area contributed by atoms with Crippen LogP contribution in [0.5, 0.6) is 0 Å². The number of amides is 1. The molecule has 0 fully saturated rings. The number of carbonyl (C=O) groups is 1. The van der Waals surface area contributed by atoms with Crippen molar-refractivity contribution in [3.05, 3.63) is 41.7 Å². The molecule has 0 radical (unpaired) electrons. The third kappa shape index (κ3) is 3.78. The lowest BCUT2D eigenvalue weighted by molar-refractivity contribution is -0.118. The summed E-state index contributed by atoms with van der Waals surface area (Å²) in [5, 5.41) is 7.08. The maximum absolute atomic E-state index is 10.9. The molecule has 1 amide bonds. The van der Waals surface area contributed by atoms with E-state index in [0.717, 1.165) is 20.7 Å². The molecule has 0 unspecified atom stereocenters. The number of halogens is 1. The normalized spacial score (nSPS) is 10.7. The van der Waals surface area contributed by atoms with Gasteiger partial charge < -0.3 is 10.6 Å². The van der Waals surface area contributed by atoms with E-state index < -0.39 is 0 Å². The number of anilines is 1. The van der Waals surface area contributed by atoms with Crippen molar-refractivity contribution in [2.45, 2.75) is 6.92 Å². The number of fused-ring (bicyclic) bond motifs is 1. The molecule has 5 nitrogen and oxygen atoms in total. The molecule has 2 aromatic heterocycles. The standard InChI is InChI=1S/C16H15ClN4OS/c1-10(22)18-7-8-19-14-12-9-13(11-5-3-2-4-6-11)23-15(12)21-16(17)20-14/h2-6,9H,7-8H2,1H3,(H,18,22)(H,19,20,21). The second-order valence-corrected chi connectivity index (χ2v) is 6.32. The van der Waals surface area contributed by atoms with E-state index in [0.29, 0.717) is 18.9 Å². The Hall–Kier alpha value is -2.18. The minimum atomic E-state index is -0.0560. The summed E-state index contributed by atoms with van der Waals surface area (Å²) >= 11 is 7.59. The summed E-state index contributed by atoms with van der Waals surface area (Å²) in [6, 6.07) is 12.2. The van der Waals surface area contributed by atoms with Crippen LogP contribution in [0.4, 0.5) is 5.82 Å². The number of carbonyl (C=O) groups excluding carboxylic acids is 1. The predicted molar refractivity (Wildman–Crippen MR) is 95.0 cm³/mol. The van der Waals surface area contributed by atoms with Crippen LogP contribution in [0.25, 0.3) is 20.7 Å². The van der Waals surface area contributed by atoms with Gasteiger partial charge in [0.25, 0.3) is 0 Å². The lowest BCUT2D eigenvalue weighted by Gasteiger charge is -2.07. The van der Waals surface area contributed by atoms with Gasteiger partial charge in [-0.1, -0.05) is 30.3 Å². The predicted octanol–water partition coefficient (Wildman–Crippen LogP) is 3.56. The van der Waals surface area contributed by atoms with Crippen LogP contribution in [0, 0.1) is 0 Å². The molecule has 1 aromatic carbocycles. The lowest BCUT2D eigenvalue weighted by atomic mass is 10.2. The van der Waals surface area contributed by atoms with Crippen molar-refractivity contribution in [2.24, 2.45) is 0 Å². The van der Waals surface area contributed by atoms with Gasteiger partial charge in [-0.15, -0.1) is 11.3 Å². The molecule has 3 rings (SSSR count). The van der Waals surface area contributed by atoms with Crippen LogP contribution in [-0.2, 0) is 4.79 Å². The zero-order chi connectivity index (χ0) is 16.2. The summed E-state index contributed by atoms with van der Waals surface area (Å²) in [4.78, 5) is 21.4. The van der Waals surface area contributed by atoms with Gasteiger partial charge in [0.1, 0.15) is 10.6 Å². The molecule has 0 saturated heterocycles. The largest absolute Gasteiger partial charge is 0.368 e. The first-order valence-corrected chi connectivity index (χ1v) is 8.34. The maximum atomic E-state index is 10.9. The second-order valence-electron chi connectivity index (χ2n) is 4.95. The summed E-state index contributed by atoms with van der Waals surface area (Å²) in [7, 11) is 0. The Bertz CT molecular complexity index is 835. The van der Waals surface area contributed by atoms with Crippen LogP contribution in [0.2, 0.25) is 5.28 Å². The lowest BCUT2D eigenvalue weighted by Crippen LogP contribution is -2.26. The SMILES string of the molecule is CC(=O)NCCNc1nc(Cl)nc2sc(-c3ccccc3)cc12. The molecule has 0 saturated carbocycles. The van der Waals surface area contributed by atoms with Crippen molar-refractivity contribution >= 4 is 44.9 Å². The number of rotatable bonds is 5. The van der Waals surface area contributed by atoms with E-state index in [1.54, 1.807) is 11.3 Å². The Morgan fingerprint density at radius 1 is 1.22 bits per heavy atom. The van der Waals surface area contributed by atoms with Crippen LogP contribution in [-0.4, -0.2) is 29.0 Å². The molecule has 0 spiro atoms. The minimum Gasteiger partial charge on any atom is -0.368 e. The molecule has 0 bridgehead atoms. The van der Waals surface area contributed by atoms with E-state index >= 15 is 0 Å². The van der Waals surface area contributed by atoms with Crippen molar-refractivity contribution in [3.63, 3.8) is 0 Å². The van der Waals surface area contributed by atoms with Crippen LogP contribution in [0.1, 0.15) is 6.92 Å². The summed E-state index contributed by atoms with van der Waals surface area (Å²) < 4.78 is 0. The number of thiophene rings is 1. The van der Waals surface area contributed by atoms with Gasteiger partial charge in [0.05, 0.1) is 5.39 Å². The Morgan fingerprint density at radius 3 is 2.74 bits per heavy atom. The average Bonchev–Trinajstić information content (AvgIpc) is 2.96. The van der Waals surface area contributed by atoms with Gasteiger partial charge in [0.15, 0.2) is 0 Å². The third-order valence-electron chi connectivity index (χ3n) is 3.22. The first-order valence-electron chi connectivity index (χ1n) is 7.14. The van der Waals surface area contributed by atoms with Gasteiger partial charge >= 0.3 is 0 Å². The average molecular weight is 347 g/mol. The molecule has 0 atom stereocenters. The highest BCUT2D eigenvalue weighted by atomic mass is 35.5. The molecular weight excluding hydrogens is 332 g/mol. The highest BCUT2D eigenvalue weighted by Gasteiger charge is 2.12. The fourth-order valence-corrected chi connectivity index (χ4v) is 3.45. The molecule has 0 aliphatic rings. The Kier molecular flexibility index (Phi) is 4.73. The first kappa shape index (κ1) is 15.7. The van der Waals surface area contributed by atoms with E-state index in [-0.39, 0.29) is 11.2 Å². The Labute approximate surface area is 142 Å². The van der Waals surface area contributed by atoms with E-state index in [2.05, 4.69) is 38.8 Å². The van der Waals surface area contributed by atoms with Gasteiger partial charge in [0, 0.05) is 24.9 Å². The number of benzene rings is 1. The van der Waals surface area contributed by atoms with Crippen LogP contribution in [0.15, 0.2) is 36.4 Å². The summed E-state index contributed by atoms with van der Waals surface area (Å²) in [6.45, 7) is 2.58. The highest BCUT2D eigenvalue weighted by molar-refractivity contribution is 7.22. The van der Waals surface area contributed by atoms with Gasteiger partial charge in [-0.25, -0.2) is 9.97 Å². The van der Waals surface area contributed by atoms with Crippen molar-refractivity contribution in [1.82, 2.24) is 15.3 Å². The zero-order valence-electron chi connectivity index (χ0n) is 12.5. The monoisotopic (exact) mass is 346 g/mol. The van der Waals surface area contributed by atoms with Crippen LogP contribution >= 0.6 is 22.9 Å². The highest BCUT2D eigenvalue weighted by Crippen LogP contribution is 2.35. The molecule has 0 aliphatic heterocycles. The van der Waals surface area contributed by atoms with Gasteiger partial charge in [-0.2, -0.15) is 0 Å². The molecule has 7 heteroatoms. The number of nitrogens with zero attached hydrogens (tertiary/aromatic N) is 2. The maximum Gasteiger partial charge on any atom is 0.225 e. The molecular formula is C16H15ClN4OS. The third-order valence-corrected chi connectivity index (χ3v) is 4.46. The number of hydrogen-bond acceptors (Lipinski definition) is 5. The molecule has 118 valence electrons. The van der Waals surface area contributed by atoms with Crippen LogP contribution < -0.4 is 10.6 Å². The zero-order valence-corrected chi connectivity index (χ0v) is 14.0. The molecule has 23 heavy (non-hydrogen) atoms. The first-order chi connectivity index (χ1) is 11.1. The van der Waals surface area contributed by atoms with E-state index in [1.807, 2.05) is 18.2 Å². The van der Waals surface area contributed by atoms with Crippen molar-refractivity contribution in [3.8, 4) is 10.4 Å². The number of hydrogen-bond donors (Lipinski definition) is 2. The van der Waals surface area contributed by atoms with Crippen molar-refractivity contribution in [2.75, 3.05) is 18.4 Å². The van der Waals surface area contributed by atoms with Gasteiger partial charge in [0.2, 0.25) is 11.2 Å². The molecule has 2 heterocycles. The quantitative estimate of drug-likeness (QED) is 0.547. The van der Waals surface area contributed by atoms with Crippen LogP contribution in [0.3, 0.4) is 0 Å². The molecule has 2 N–H and O–H groups in total. The van der Waals surface area contributed by atoms with Gasteiger partial charge in [-0.05, 0) is 23.2 Å². The fourth-order valence-electron chi connectivity index (χ4n) is 2.19. The summed E-state index contributed by atoms with van der Waals surface area (Å²) in [5.41, 5.74) is 1.14. The Balaban J connectivity index is 1.88. The second kappa shape index (κ2) is 6.93. The van der Waals surface area contributed by atoms with Crippen molar-refractivity contribution < 1.29 is 4.79 Å².